The first-order valence-corrected chi connectivity index (χ1v) is 9.63. The molecule has 1 aliphatic rings. The van der Waals surface area contributed by atoms with Crippen LogP contribution < -0.4 is 10.2 Å². The van der Waals surface area contributed by atoms with Crippen molar-refractivity contribution in [1.82, 2.24) is 4.98 Å². The van der Waals surface area contributed by atoms with E-state index in [1.807, 2.05) is 31.2 Å². The first-order chi connectivity index (χ1) is 12.7. The highest BCUT2D eigenvalue weighted by Crippen LogP contribution is 2.30. The smallest absolute Gasteiger partial charge is 0.203 e. The van der Waals surface area contributed by atoms with Crippen molar-refractivity contribution in [2.75, 3.05) is 12.5 Å². The van der Waals surface area contributed by atoms with Crippen molar-refractivity contribution in [1.29, 1.82) is 0 Å². The molecule has 132 valence electrons. The van der Waals surface area contributed by atoms with Gasteiger partial charge in [0.15, 0.2) is 0 Å². The molecule has 1 N–H and O–H groups in total. The number of rotatable bonds is 5. The fourth-order valence-corrected chi connectivity index (χ4v) is 3.88. The molecule has 1 heterocycles. The van der Waals surface area contributed by atoms with E-state index in [9.17, 15) is 0 Å². The molecule has 0 aliphatic heterocycles. The summed E-state index contributed by atoms with van der Waals surface area (Å²) < 4.78 is 5.19. The van der Waals surface area contributed by atoms with Crippen LogP contribution in [0.4, 0.5) is 5.13 Å². The minimum absolute atomic E-state index is 0.799. The molecule has 5 heteroatoms. The van der Waals surface area contributed by atoms with Gasteiger partial charge in [-0.3, -0.25) is 5.43 Å². The second-order valence-corrected chi connectivity index (χ2v) is 7.27. The Labute approximate surface area is 157 Å². The number of methoxy groups -OCH3 is 1. The Morgan fingerprint density at radius 3 is 2.73 bits per heavy atom. The van der Waals surface area contributed by atoms with Gasteiger partial charge in [-0.05, 0) is 73.2 Å². The molecule has 26 heavy (non-hydrogen) atoms. The molecule has 2 aromatic carbocycles. The Morgan fingerprint density at radius 2 is 1.92 bits per heavy atom. The van der Waals surface area contributed by atoms with Crippen molar-refractivity contribution < 1.29 is 4.74 Å². The molecule has 0 spiro atoms. The standard InChI is InChI=1S/C21H21N3OS/c1-14(15-8-10-19(25-2)11-9-15)23-24-21-22-20(13-26-21)18-7-6-16-4-3-5-17(16)12-18/h6-13H,3-5H2,1-2H3,(H,22,24)/b23-14+. The molecule has 4 nitrogen and oxygen atoms in total. The molecule has 0 atom stereocenters. The van der Waals surface area contributed by atoms with Crippen molar-refractivity contribution >= 4 is 22.2 Å². The molecule has 1 aromatic heterocycles. The number of nitrogens with zero attached hydrogens (tertiary/aromatic N) is 2. The molecule has 0 unspecified atom stereocenters. The predicted molar refractivity (Wildman–Crippen MR) is 108 cm³/mol. The van der Waals surface area contributed by atoms with Gasteiger partial charge < -0.3 is 4.74 Å². The highest BCUT2D eigenvalue weighted by molar-refractivity contribution is 7.14. The Morgan fingerprint density at radius 1 is 1.12 bits per heavy atom. The summed E-state index contributed by atoms with van der Waals surface area (Å²) in [6.45, 7) is 1.98. The third-order valence-corrected chi connectivity index (χ3v) is 5.47. The lowest BCUT2D eigenvalue weighted by molar-refractivity contribution is 0.415. The highest BCUT2D eigenvalue weighted by atomic mass is 32.1. The van der Waals surface area contributed by atoms with E-state index in [1.165, 1.54) is 36.0 Å². The number of aromatic nitrogens is 1. The van der Waals surface area contributed by atoms with Gasteiger partial charge in [-0.2, -0.15) is 5.10 Å². The molecule has 0 amide bonds. The summed E-state index contributed by atoms with van der Waals surface area (Å²) in [7, 11) is 1.67. The van der Waals surface area contributed by atoms with E-state index in [-0.39, 0.29) is 0 Å². The van der Waals surface area contributed by atoms with Crippen LogP contribution in [0.15, 0.2) is 52.9 Å². The molecule has 0 bridgehead atoms. The molecular formula is C21H21N3OS. The molecule has 0 saturated carbocycles. The SMILES string of the molecule is COc1ccc(/C(C)=N/Nc2nc(-c3ccc4c(c3)CCC4)cs2)cc1. The minimum atomic E-state index is 0.799. The van der Waals surface area contributed by atoms with Gasteiger partial charge in [0.2, 0.25) is 5.13 Å². The second kappa shape index (κ2) is 7.30. The fourth-order valence-electron chi connectivity index (χ4n) is 3.22. The number of aryl methyl sites for hydroxylation is 2. The normalized spacial score (nSPS) is 13.5. The average molecular weight is 363 g/mol. The van der Waals surface area contributed by atoms with Crippen molar-refractivity contribution in [3.05, 3.63) is 64.5 Å². The molecule has 0 radical (unpaired) electrons. The lowest BCUT2D eigenvalue weighted by atomic mass is 10.1. The van der Waals surface area contributed by atoms with Crippen LogP contribution in [-0.2, 0) is 12.8 Å². The summed E-state index contributed by atoms with van der Waals surface area (Å²) in [5, 5.41) is 7.34. The molecule has 3 aromatic rings. The largest absolute Gasteiger partial charge is 0.497 e. The van der Waals surface area contributed by atoms with Crippen LogP contribution in [0.3, 0.4) is 0 Å². The van der Waals surface area contributed by atoms with Gasteiger partial charge in [0, 0.05) is 10.9 Å². The first kappa shape index (κ1) is 16.8. The van der Waals surface area contributed by atoms with E-state index in [1.54, 1.807) is 18.4 Å². The van der Waals surface area contributed by atoms with Crippen LogP contribution in [-0.4, -0.2) is 17.8 Å². The van der Waals surface area contributed by atoms with Gasteiger partial charge >= 0.3 is 0 Å². The molecule has 0 fully saturated rings. The number of ether oxygens (including phenoxy) is 1. The van der Waals surface area contributed by atoms with Crippen molar-refractivity contribution in [3.8, 4) is 17.0 Å². The van der Waals surface area contributed by atoms with Gasteiger partial charge in [-0.25, -0.2) is 4.98 Å². The van der Waals surface area contributed by atoms with E-state index < -0.39 is 0 Å². The maximum Gasteiger partial charge on any atom is 0.203 e. The second-order valence-electron chi connectivity index (χ2n) is 6.41. The highest BCUT2D eigenvalue weighted by Gasteiger charge is 2.12. The van der Waals surface area contributed by atoms with Gasteiger partial charge in [0.1, 0.15) is 5.75 Å². The lowest BCUT2D eigenvalue weighted by Crippen LogP contribution is -1.99. The van der Waals surface area contributed by atoms with E-state index >= 15 is 0 Å². The van der Waals surface area contributed by atoms with E-state index in [0.29, 0.717) is 0 Å². The van der Waals surface area contributed by atoms with Crippen LogP contribution in [0.5, 0.6) is 5.75 Å². The van der Waals surface area contributed by atoms with Gasteiger partial charge in [0.25, 0.3) is 0 Å². The monoisotopic (exact) mass is 363 g/mol. The molecular weight excluding hydrogens is 342 g/mol. The summed E-state index contributed by atoms with van der Waals surface area (Å²) in [5.41, 5.74) is 10.2. The third kappa shape index (κ3) is 3.48. The van der Waals surface area contributed by atoms with Crippen LogP contribution >= 0.6 is 11.3 Å². The molecule has 4 rings (SSSR count). The van der Waals surface area contributed by atoms with Crippen molar-refractivity contribution in [2.45, 2.75) is 26.2 Å². The zero-order valence-electron chi connectivity index (χ0n) is 15.0. The quantitative estimate of drug-likeness (QED) is 0.504. The Kier molecular flexibility index (Phi) is 4.71. The van der Waals surface area contributed by atoms with E-state index in [0.717, 1.165) is 27.9 Å². The maximum atomic E-state index is 5.19. The van der Waals surface area contributed by atoms with Crippen molar-refractivity contribution in [2.24, 2.45) is 5.10 Å². The summed E-state index contributed by atoms with van der Waals surface area (Å²) in [4.78, 5) is 4.68. The summed E-state index contributed by atoms with van der Waals surface area (Å²) >= 11 is 1.57. The summed E-state index contributed by atoms with van der Waals surface area (Å²) in [6, 6.07) is 14.6. The summed E-state index contributed by atoms with van der Waals surface area (Å²) in [5.74, 6) is 0.841. The third-order valence-electron chi connectivity index (χ3n) is 4.73. The maximum absolute atomic E-state index is 5.19. The van der Waals surface area contributed by atoms with Crippen LogP contribution in [0, 0.1) is 0 Å². The lowest BCUT2D eigenvalue weighted by Gasteiger charge is -2.03. The van der Waals surface area contributed by atoms with Crippen molar-refractivity contribution in [3.63, 3.8) is 0 Å². The minimum Gasteiger partial charge on any atom is -0.497 e. The van der Waals surface area contributed by atoms with Crippen LogP contribution in [0.25, 0.3) is 11.3 Å². The van der Waals surface area contributed by atoms with E-state index in [2.05, 4.69) is 39.1 Å². The zero-order valence-corrected chi connectivity index (χ0v) is 15.8. The number of hydrogen-bond donors (Lipinski definition) is 1. The van der Waals surface area contributed by atoms with E-state index in [4.69, 9.17) is 4.74 Å². The molecule has 1 aliphatic carbocycles. The number of fused-ring (bicyclic) bond motifs is 1. The van der Waals surface area contributed by atoms with Crippen LogP contribution in [0.1, 0.15) is 30.0 Å². The Balaban J connectivity index is 1.47. The average Bonchev–Trinajstić information content (AvgIpc) is 3.34. The summed E-state index contributed by atoms with van der Waals surface area (Å²) in [6.07, 6.45) is 3.66. The predicted octanol–water partition coefficient (Wildman–Crippen LogP) is 5.14. The number of nitrogens with one attached hydrogen (secondary N) is 1. The Hall–Kier alpha value is -2.66. The number of hydrazone groups is 1. The number of hydrogen-bond acceptors (Lipinski definition) is 5. The fraction of sp³-hybridized carbons (Fsp3) is 0.238. The molecule has 0 saturated heterocycles. The van der Waals surface area contributed by atoms with Crippen LogP contribution in [0.2, 0.25) is 0 Å². The zero-order chi connectivity index (χ0) is 17.9. The first-order valence-electron chi connectivity index (χ1n) is 8.75. The van der Waals surface area contributed by atoms with Gasteiger partial charge in [-0.15, -0.1) is 11.3 Å². The number of thiazole rings is 1. The Bertz CT molecular complexity index is 944. The van der Waals surface area contributed by atoms with Gasteiger partial charge in [0.05, 0.1) is 18.5 Å². The number of benzene rings is 2. The topological polar surface area (TPSA) is 46.5 Å². The van der Waals surface area contributed by atoms with Gasteiger partial charge in [-0.1, -0.05) is 12.1 Å². The number of anilines is 1.